The molecule has 2 N–H and O–H groups in total. The number of benzene rings is 2. The van der Waals surface area contributed by atoms with Gasteiger partial charge in [-0.25, -0.2) is 0 Å². The van der Waals surface area contributed by atoms with Crippen LogP contribution in [0, 0.1) is 0 Å². The van der Waals surface area contributed by atoms with Crippen molar-refractivity contribution in [1.82, 2.24) is 0 Å². The van der Waals surface area contributed by atoms with Crippen molar-refractivity contribution >= 4 is 5.78 Å². The Morgan fingerprint density at radius 3 is 2.55 bits per heavy atom. The van der Waals surface area contributed by atoms with Gasteiger partial charge in [-0.05, 0) is 11.6 Å². The summed E-state index contributed by atoms with van der Waals surface area (Å²) in [6, 6.07) is 11.8. The molecule has 102 valence electrons. The highest BCUT2D eigenvalue weighted by Crippen LogP contribution is 2.33. The highest BCUT2D eigenvalue weighted by molar-refractivity contribution is 6.08. The third-order valence-electron chi connectivity index (χ3n) is 2.74. The summed E-state index contributed by atoms with van der Waals surface area (Å²) in [5.41, 5.74) is 0.904. The predicted octanol–water partition coefficient (Wildman–Crippen LogP) is 3.05. The quantitative estimate of drug-likeness (QED) is 0.647. The summed E-state index contributed by atoms with van der Waals surface area (Å²) in [5, 5.41) is 19.3. The average molecular weight is 270 g/mol. The first kappa shape index (κ1) is 13.7. The van der Waals surface area contributed by atoms with Crippen LogP contribution in [0.25, 0.3) is 0 Å². The van der Waals surface area contributed by atoms with E-state index in [4.69, 9.17) is 4.74 Å². The number of hydrogen-bond donors (Lipinski definition) is 2. The lowest BCUT2D eigenvalue weighted by Gasteiger charge is -2.12. The molecule has 0 unspecified atom stereocenters. The molecule has 0 heterocycles. The van der Waals surface area contributed by atoms with Crippen LogP contribution in [-0.2, 0) is 6.61 Å². The number of carbonyl (C=O) groups excluding carboxylic acids is 1. The van der Waals surface area contributed by atoms with Crippen LogP contribution in [0.5, 0.6) is 17.2 Å². The van der Waals surface area contributed by atoms with Gasteiger partial charge in [0.25, 0.3) is 0 Å². The number of allylic oxidation sites excluding steroid dienone is 1. The van der Waals surface area contributed by atoms with Crippen LogP contribution < -0.4 is 4.74 Å². The Morgan fingerprint density at radius 2 is 1.90 bits per heavy atom. The lowest BCUT2D eigenvalue weighted by Crippen LogP contribution is -2.02. The summed E-state index contributed by atoms with van der Waals surface area (Å²) >= 11 is 0. The summed E-state index contributed by atoms with van der Waals surface area (Å²) in [4.78, 5) is 11.7. The summed E-state index contributed by atoms with van der Waals surface area (Å²) in [6.45, 7) is 3.60. The maximum atomic E-state index is 11.7. The minimum Gasteiger partial charge on any atom is -0.508 e. The molecule has 0 amide bonds. The zero-order valence-corrected chi connectivity index (χ0v) is 10.7. The van der Waals surface area contributed by atoms with E-state index in [1.165, 1.54) is 6.07 Å². The lowest BCUT2D eigenvalue weighted by molar-refractivity contribution is 0.104. The molecule has 2 rings (SSSR count). The summed E-state index contributed by atoms with van der Waals surface area (Å²) in [6.07, 6.45) is 1.08. The Hall–Kier alpha value is -2.75. The third kappa shape index (κ3) is 2.98. The fourth-order valence-electron chi connectivity index (χ4n) is 1.79. The van der Waals surface area contributed by atoms with E-state index >= 15 is 0 Å². The molecule has 0 bridgehead atoms. The summed E-state index contributed by atoms with van der Waals surface area (Å²) < 4.78 is 5.52. The largest absolute Gasteiger partial charge is 0.508 e. The number of ether oxygens (including phenoxy) is 1. The van der Waals surface area contributed by atoms with E-state index < -0.39 is 5.78 Å². The molecule has 0 radical (unpaired) electrons. The zero-order chi connectivity index (χ0) is 14.5. The molecule has 0 aliphatic carbocycles. The maximum absolute atomic E-state index is 11.7. The second-order valence-electron chi connectivity index (χ2n) is 4.18. The second kappa shape index (κ2) is 5.93. The van der Waals surface area contributed by atoms with E-state index in [1.54, 1.807) is 0 Å². The van der Waals surface area contributed by atoms with E-state index in [-0.39, 0.29) is 29.4 Å². The van der Waals surface area contributed by atoms with Gasteiger partial charge in [-0.15, -0.1) is 0 Å². The van der Waals surface area contributed by atoms with Gasteiger partial charge in [0.05, 0.1) is 0 Å². The molecule has 2 aromatic rings. The number of hydrogen-bond acceptors (Lipinski definition) is 4. The summed E-state index contributed by atoms with van der Waals surface area (Å²) in [5.74, 6) is -0.856. The molecule has 0 aromatic heterocycles. The van der Waals surface area contributed by atoms with Gasteiger partial charge in [0, 0.05) is 12.1 Å². The number of phenols is 2. The fourth-order valence-corrected chi connectivity index (χ4v) is 1.79. The first-order valence-electron chi connectivity index (χ1n) is 6.01. The molecule has 0 saturated heterocycles. The highest BCUT2D eigenvalue weighted by atomic mass is 16.5. The van der Waals surface area contributed by atoms with Crippen molar-refractivity contribution in [2.45, 2.75) is 6.61 Å². The third-order valence-corrected chi connectivity index (χ3v) is 2.74. The number of phenolic OH excluding ortho intramolecular Hbond substituents is 2. The van der Waals surface area contributed by atoms with Crippen LogP contribution in [0.15, 0.2) is 55.1 Å². The molecule has 0 saturated carbocycles. The molecular weight excluding hydrogens is 256 g/mol. The molecule has 4 nitrogen and oxygen atoms in total. The predicted molar refractivity (Wildman–Crippen MR) is 75.1 cm³/mol. The molecule has 0 spiro atoms. The van der Waals surface area contributed by atoms with Crippen LogP contribution in [0.2, 0.25) is 0 Å². The Bertz CT molecular complexity index is 632. The van der Waals surface area contributed by atoms with E-state index in [1.807, 2.05) is 30.3 Å². The molecule has 2 aromatic carbocycles. The van der Waals surface area contributed by atoms with Crippen molar-refractivity contribution in [2.24, 2.45) is 0 Å². The van der Waals surface area contributed by atoms with Gasteiger partial charge in [-0.2, -0.15) is 0 Å². The smallest absolute Gasteiger partial charge is 0.192 e. The van der Waals surface area contributed by atoms with Crippen molar-refractivity contribution in [3.05, 3.63) is 66.2 Å². The second-order valence-corrected chi connectivity index (χ2v) is 4.18. The fraction of sp³-hybridized carbons (Fsp3) is 0.0625. The maximum Gasteiger partial charge on any atom is 0.192 e. The average Bonchev–Trinajstić information content (AvgIpc) is 2.45. The van der Waals surface area contributed by atoms with Crippen molar-refractivity contribution in [3.63, 3.8) is 0 Å². The molecule has 0 fully saturated rings. The first-order chi connectivity index (χ1) is 9.61. The van der Waals surface area contributed by atoms with Crippen molar-refractivity contribution in [3.8, 4) is 17.2 Å². The number of carbonyl (C=O) groups is 1. The highest BCUT2D eigenvalue weighted by Gasteiger charge is 2.17. The van der Waals surface area contributed by atoms with E-state index in [0.717, 1.165) is 17.7 Å². The Morgan fingerprint density at radius 1 is 1.20 bits per heavy atom. The van der Waals surface area contributed by atoms with Gasteiger partial charge in [-0.1, -0.05) is 36.9 Å². The van der Waals surface area contributed by atoms with Gasteiger partial charge in [0.1, 0.15) is 29.4 Å². The van der Waals surface area contributed by atoms with E-state index in [0.29, 0.717) is 0 Å². The van der Waals surface area contributed by atoms with Crippen molar-refractivity contribution in [1.29, 1.82) is 0 Å². The molecule has 0 aliphatic rings. The van der Waals surface area contributed by atoms with Gasteiger partial charge in [0.15, 0.2) is 5.78 Å². The molecule has 20 heavy (non-hydrogen) atoms. The molecule has 0 atom stereocenters. The number of rotatable bonds is 5. The van der Waals surface area contributed by atoms with Gasteiger partial charge in [0.2, 0.25) is 0 Å². The normalized spacial score (nSPS) is 10.0. The Balaban J connectivity index is 2.30. The molecular formula is C16H14O4. The van der Waals surface area contributed by atoms with E-state index in [9.17, 15) is 15.0 Å². The van der Waals surface area contributed by atoms with Crippen LogP contribution in [0.4, 0.5) is 0 Å². The summed E-state index contributed by atoms with van der Waals surface area (Å²) in [7, 11) is 0. The van der Waals surface area contributed by atoms with Crippen LogP contribution in [0.3, 0.4) is 0 Å². The van der Waals surface area contributed by atoms with Crippen LogP contribution >= 0.6 is 0 Å². The van der Waals surface area contributed by atoms with Gasteiger partial charge in [-0.3, -0.25) is 4.79 Å². The SMILES string of the molecule is C=CC(=O)c1c(O)cc(O)cc1OCc1ccccc1. The van der Waals surface area contributed by atoms with Crippen LogP contribution in [-0.4, -0.2) is 16.0 Å². The number of ketones is 1. The standard InChI is InChI=1S/C16H14O4/c1-2-13(18)16-14(19)8-12(17)9-15(16)20-10-11-6-4-3-5-7-11/h2-9,17,19H,1,10H2. The van der Waals surface area contributed by atoms with Gasteiger partial charge < -0.3 is 14.9 Å². The van der Waals surface area contributed by atoms with Crippen molar-refractivity contribution < 1.29 is 19.7 Å². The molecule has 0 aliphatic heterocycles. The van der Waals surface area contributed by atoms with Gasteiger partial charge >= 0.3 is 0 Å². The minimum atomic E-state index is -0.467. The molecule has 4 heteroatoms. The zero-order valence-electron chi connectivity index (χ0n) is 10.7. The van der Waals surface area contributed by atoms with Crippen molar-refractivity contribution in [2.75, 3.05) is 0 Å². The monoisotopic (exact) mass is 270 g/mol. The van der Waals surface area contributed by atoms with Crippen LogP contribution in [0.1, 0.15) is 15.9 Å². The topological polar surface area (TPSA) is 66.8 Å². The minimum absolute atomic E-state index is 0.00580. The number of aromatic hydroxyl groups is 2. The Kier molecular flexibility index (Phi) is 4.05. The first-order valence-corrected chi connectivity index (χ1v) is 6.01. The Labute approximate surface area is 116 Å². The van der Waals surface area contributed by atoms with E-state index in [2.05, 4.69) is 6.58 Å². The lowest BCUT2D eigenvalue weighted by atomic mass is 10.1.